The van der Waals surface area contributed by atoms with Crippen LogP contribution in [0.5, 0.6) is 0 Å². The minimum absolute atomic E-state index is 0.128. The molecule has 6 heteroatoms. The Morgan fingerprint density at radius 1 is 0.939 bits per heavy atom. The van der Waals surface area contributed by atoms with E-state index in [9.17, 15) is 13.2 Å². The Morgan fingerprint density at radius 2 is 1.67 bits per heavy atom. The quantitative estimate of drug-likeness (QED) is 0.273. The standard InChI is InChI=1S/C43H61NO4S/c1-29(2)11-10-12-31(4)36-19-20-37-35-18-15-33-27-32(21-25-41(33,5)38(35)22-26-42(36,37)6)28-39-43(23-8-7-9-24-43)48-40(45)44(39)49(46,47)34-16-13-30(3)14-17-34/h13-17,27-29,31,35-38H,7-12,18-26H2,1-6H3/b39-28+/t31-,35+,36-,37+,38+,41+,42-/m1/s1. The van der Waals surface area contributed by atoms with Gasteiger partial charge >= 0.3 is 6.09 Å². The van der Waals surface area contributed by atoms with E-state index in [1.165, 1.54) is 50.5 Å². The van der Waals surface area contributed by atoms with Gasteiger partial charge in [-0.05, 0) is 153 Å². The predicted molar refractivity (Wildman–Crippen MR) is 197 cm³/mol. The average Bonchev–Trinajstić information content (AvgIpc) is 3.54. The van der Waals surface area contributed by atoms with Crippen molar-refractivity contribution in [1.29, 1.82) is 0 Å². The van der Waals surface area contributed by atoms with E-state index in [4.69, 9.17) is 4.74 Å². The molecule has 1 amide bonds. The van der Waals surface area contributed by atoms with Crippen LogP contribution >= 0.6 is 0 Å². The molecule has 7 rings (SSSR count). The van der Waals surface area contributed by atoms with Crippen LogP contribution in [0.25, 0.3) is 0 Å². The lowest BCUT2D eigenvalue weighted by atomic mass is 9.47. The Hall–Kier alpha value is -2.34. The second-order valence-corrected chi connectivity index (χ2v) is 19.8. The SMILES string of the molecule is Cc1ccc(S(=O)(=O)N2C(=O)OC3(CCCCC3)/C2=C\C2=CC3=CC[C@H]4[C@@H]5CC[C@H]([C@H](C)CCCC(C)C)[C@@]5(C)CC[C@@H]4[C@@]3(C)CC2)cc1. The maximum atomic E-state index is 14.1. The van der Waals surface area contributed by atoms with Gasteiger partial charge in [0.05, 0.1) is 10.6 Å². The summed E-state index contributed by atoms with van der Waals surface area (Å²) in [6.45, 7) is 14.4. The second kappa shape index (κ2) is 13.0. The molecule has 5 nitrogen and oxygen atoms in total. The summed E-state index contributed by atoms with van der Waals surface area (Å²) in [7, 11) is -4.12. The van der Waals surface area contributed by atoms with Crippen molar-refractivity contribution < 1.29 is 17.9 Å². The van der Waals surface area contributed by atoms with E-state index >= 15 is 0 Å². The number of hydrogen-bond donors (Lipinski definition) is 0. The fraction of sp³-hybridized carbons (Fsp3) is 0.698. The molecule has 1 aromatic carbocycles. The molecule has 0 bridgehead atoms. The molecule has 1 spiro atoms. The monoisotopic (exact) mass is 687 g/mol. The first kappa shape index (κ1) is 35.1. The number of rotatable bonds is 8. The molecule has 0 N–H and O–H groups in total. The van der Waals surface area contributed by atoms with Crippen molar-refractivity contribution in [2.75, 3.05) is 0 Å². The summed E-state index contributed by atoms with van der Waals surface area (Å²) in [5.41, 5.74) is 3.79. The molecule has 0 aromatic heterocycles. The first-order valence-electron chi connectivity index (χ1n) is 19.8. The summed E-state index contributed by atoms with van der Waals surface area (Å²) in [6.07, 6.45) is 23.1. The second-order valence-electron chi connectivity index (χ2n) is 18.0. The van der Waals surface area contributed by atoms with E-state index in [1.54, 1.807) is 24.3 Å². The van der Waals surface area contributed by atoms with Crippen molar-refractivity contribution in [1.82, 2.24) is 4.31 Å². The molecule has 268 valence electrons. The number of aryl methyl sites for hydroxylation is 1. The van der Waals surface area contributed by atoms with Crippen molar-refractivity contribution in [3.05, 3.63) is 64.9 Å². The van der Waals surface area contributed by atoms with Crippen LogP contribution in [0, 0.1) is 53.3 Å². The van der Waals surface area contributed by atoms with Crippen LogP contribution in [-0.2, 0) is 14.8 Å². The molecule has 6 aliphatic rings. The Kier molecular flexibility index (Phi) is 9.32. The number of benzene rings is 1. The summed E-state index contributed by atoms with van der Waals surface area (Å²) < 4.78 is 35.3. The Balaban J connectivity index is 1.17. The maximum absolute atomic E-state index is 14.1. The summed E-state index contributed by atoms with van der Waals surface area (Å²) in [6, 6.07) is 6.78. The van der Waals surface area contributed by atoms with Gasteiger partial charge < -0.3 is 4.74 Å². The molecule has 7 atom stereocenters. The molecular formula is C43H61NO4S. The van der Waals surface area contributed by atoms with Gasteiger partial charge in [0.1, 0.15) is 0 Å². The van der Waals surface area contributed by atoms with Crippen LogP contribution in [0.3, 0.4) is 0 Å². The van der Waals surface area contributed by atoms with Gasteiger partial charge in [-0.15, -0.1) is 0 Å². The Labute approximate surface area is 297 Å². The largest absolute Gasteiger partial charge is 0.435 e. The number of allylic oxidation sites excluding steroid dienone is 5. The Morgan fingerprint density at radius 3 is 2.39 bits per heavy atom. The highest BCUT2D eigenvalue weighted by Gasteiger charge is 2.59. The Bertz CT molecular complexity index is 1630. The molecular weight excluding hydrogens is 627 g/mol. The highest BCUT2D eigenvalue weighted by Crippen LogP contribution is 2.67. The molecule has 1 saturated heterocycles. The zero-order valence-corrected chi connectivity index (χ0v) is 31.9. The zero-order chi connectivity index (χ0) is 34.8. The predicted octanol–water partition coefficient (Wildman–Crippen LogP) is 11.3. The third-order valence-corrected chi connectivity index (χ3v) is 16.4. The van der Waals surface area contributed by atoms with Gasteiger partial charge in [0.25, 0.3) is 10.0 Å². The van der Waals surface area contributed by atoms with Crippen LogP contribution in [-0.4, -0.2) is 24.4 Å². The highest BCUT2D eigenvalue weighted by molar-refractivity contribution is 7.89. The number of hydrogen-bond acceptors (Lipinski definition) is 4. The van der Waals surface area contributed by atoms with Crippen LogP contribution in [0.4, 0.5) is 4.79 Å². The average molecular weight is 688 g/mol. The highest BCUT2D eigenvalue weighted by atomic mass is 32.2. The van der Waals surface area contributed by atoms with E-state index < -0.39 is 21.7 Å². The lowest BCUT2D eigenvalue weighted by Crippen LogP contribution is -2.49. The number of carbonyl (C=O) groups excluding carboxylic acids is 1. The number of sulfonamides is 1. The van der Waals surface area contributed by atoms with E-state index in [-0.39, 0.29) is 10.3 Å². The van der Waals surface area contributed by atoms with Crippen molar-refractivity contribution in [2.24, 2.45) is 46.3 Å². The molecule has 0 radical (unpaired) electrons. The van der Waals surface area contributed by atoms with Gasteiger partial charge in [0.15, 0.2) is 5.60 Å². The van der Waals surface area contributed by atoms with Crippen molar-refractivity contribution >= 4 is 16.1 Å². The lowest BCUT2D eigenvalue weighted by molar-refractivity contribution is -0.0453. The minimum Gasteiger partial charge on any atom is -0.435 e. The van der Waals surface area contributed by atoms with E-state index in [2.05, 4.69) is 46.8 Å². The normalized spacial score (nSPS) is 35.4. The fourth-order valence-electron chi connectivity index (χ4n) is 11.9. The third kappa shape index (κ3) is 5.98. The first-order chi connectivity index (χ1) is 23.3. The lowest BCUT2D eigenvalue weighted by Gasteiger charge is -2.57. The van der Waals surface area contributed by atoms with Gasteiger partial charge in [-0.1, -0.05) is 90.2 Å². The molecule has 1 heterocycles. The van der Waals surface area contributed by atoms with E-state index in [0.29, 0.717) is 29.9 Å². The number of fused-ring (bicyclic) bond motifs is 5. The fourth-order valence-corrected chi connectivity index (χ4v) is 13.3. The molecule has 1 aliphatic heterocycles. The molecule has 0 unspecified atom stereocenters. The van der Waals surface area contributed by atoms with Crippen molar-refractivity contribution in [3.8, 4) is 0 Å². The van der Waals surface area contributed by atoms with E-state index in [0.717, 1.165) is 83.6 Å². The summed E-state index contributed by atoms with van der Waals surface area (Å²) in [5.74, 6) is 4.75. The first-order valence-corrected chi connectivity index (χ1v) is 21.2. The van der Waals surface area contributed by atoms with Crippen molar-refractivity contribution in [3.63, 3.8) is 0 Å². The van der Waals surface area contributed by atoms with E-state index in [1.807, 2.05) is 13.0 Å². The molecule has 49 heavy (non-hydrogen) atoms. The van der Waals surface area contributed by atoms with Gasteiger partial charge in [-0.3, -0.25) is 0 Å². The zero-order valence-electron chi connectivity index (χ0n) is 31.1. The van der Waals surface area contributed by atoms with Gasteiger partial charge in [0, 0.05) is 0 Å². The number of nitrogens with zero attached hydrogens (tertiary/aromatic N) is 1. The van der Waals surface area contributed by atoms with Crippen LogP contribution in [0.15, 0.2) is 64.2 Å². The summed E-state index contributed by atoms with van der Waals surface area (Å²) in [5, 5.41) is 0. The minimum atomic E-state index is -4.12. The molecule has 5 aliphatic carbocycles. The van der Waals surface area contributed by atoms with Crippen LogP contribution in [0.1, 0.15) is 136 Å². The maximum Gasteiger partial charge on any atom is 0.429 e. The summed E-state index contributed by atoms with van der Waals surface area (Å²) >= 11 is 0. The molecule has 4 fully saturated rings. The number of ether oxygens (including phenoxy) is 1. The van der Waals surface area contributed by atoms with Gasteiger partial charge in [0.2, 0.25) is 0 Å². The summed E-state index contributed by atoms with van der Waals surface area (Å²) in [4.78, 5) is 13.7. The smallest absolute Gasteiger partial charge is 0.429 e. The van der Waals surface area contributed by atoms with Crippen LogP contribution < -0.4 is 0 Å². The van der Waals surface area contributed by atoms with Gasteiger partial charge in [-0.2, -0.15) is 4.31 Å². The topological polar surface area (TPSA) is 63.7 Å². The van der Waals surface area contributed by atoms with Crippen molar-refractivity contribution in [2.45, 2.75) is 148 Å². The number of carbonyl (C=O) groups is 1. The number of amides is 1. The van der Waals surface area contributed by atoms with Crippen LogP contribution in [0.2, 0.25) is 0 Å². The van der Waals surface area contributed by atoms with Gasteiger partial charge in [-0.25, -0.2) is 13.2 Å². The third-order valence-electron chi connectivity index (χ3n) is 14.7. The molecule has 1 aromatic rings. The molecule has 3 saturated carbocycles.